The number of nitrogens with zero attached hydrogens (tertiary/aromatic N) is 3. The molecule has 116 valence electrons. The quantitative estimate of drug-likeness (QED) is 0.905. The van der Waals surface area contributed by atoms with E-state index in [1.54, 1.807) is 0 Å². The Labute approximate surface area is 127 Å². The molecule has 1 atom stereocenters. The molecular formula is C16H26N4O. The van der Waals surface area contributed by atoms with Crippen LogP contribution in [0.15, 0.2) is 24.4 Å². The molecule has 5 heteroatoms. The first-order chi connectivity index (χ1) is 9.88. The van der Waals surface area contributed by atoms with Gasteiger partial charge in [-0.25, -0.2) is 0 Å². The molecule has 1 aliphatic heterocycles. The lowest BCUT2D eigenvalue weighted by molar-refractivity contribution is -0.136. The van der Waals surface area contributed by atoms with Crippen LogP contribution in [-0.2, 0) is 11.3 Å². The van der Waals surface area contributed by atoms with Crippen LogP contribution in [-0.4, -0.2) is 52.9 Å². The summed E-state index contributed by atoms with van der Waals surface area (Å²) in [5.41, 5.74) is 6.95. The van der Waals surface area contributed by atoms with E-state index < -0.39 is 6.04 Å². The van der Waals surface area contributed by atoms with Crippen LogP contribution >= 0.6 is 0 Å². The lowest BCUT2D eigenvalue weighted by atomic mass is 9.86. The Hall–Kier alpha value is -1.46. The Morgan fingerprint density at radius 1 is 1.29 bits per heavy atom. The van der Waals surface area contributed by atoms with Crippen LogP contribution in [0.4, 0.5) is 0 Å². The van der Waals surface area contributed by atoms with Gasteiger partial charge in [0.05, 0.1) is 11.7 Å². The maximum atomic E-state index is 12.4. The molecule has 1 aromatic rings. The Morgan fingerprint density at radius 3 is 2.48 bits per heavy atom. The monoisotopic (exact) mass is 290 g/mol. The average molecular weight is 290 g/mol. The summed E-state index contributed by atoms with van der Waals surface area (Å²) < 4.78 is 0. The predicted molar refractivity (Wildman–Crippen MR) is 83.5 cm³/mol. The van der Waals surface area contributed by atoms with Gasteiger partial charge >= 0.3 is 0 Å². The highest BCUT2D eigenvalue weighted by Crippen LogP contribution is 2.20. The van der Waals surface area contributed by atoms with Crippen LogP contribution in [0.25, 0.3) is 0 Å². The number of amides is 1. The number of hydrogen-bond donors (Lipinski definition) is 1. The van der Waals surface area contributed by atoms with E-state index in [1.807, 2.05) is 50.1 Å². The van der Waals surface area contributed by atoms with Crippen LogP contribution in [0.3, 0.4) is 0 Å². The van der Waals surface area contributed by atoms with E-state index in [9.17, 15) is 4.79 Å². The molecule has 1 amide bonds. The second kappa shape index (κ2) is 6.54. The SMILES string of the molecule is CC(C)(C)[C@@H](N)C(=O)N1CCN(Cc2ccccn2)CC1. The topological polar surface area (TPSA) is 62.5 Å². The van der Waals surface area contributed by atoms with Crippen molar-refractivity contribution in [2.24, 2.45) is 11.1 Å². The van der Waals surface area contributed by atoms with E-state index in [2.05, 4.69) is 9.88 Å². The minimum atomic E-state index is -0.431. The number of hydrogen-bond acceptors (Lipinski definition) is 4. The molecule has 0 spiro atoms. The Balaban J connectivity index is 1.84. The van der Waals surface area contributed by atoms with Crippen molar-refractivity contribution >= 4 is 5.91 Å². The summed E-state index contributed by atoms with van der Waals surface area (Å²) in [6.07, 6.45) is 1.82. The lowest BCUT2D eigenvalue weighted by Gasteiger charge is -2.38. The summed E-state index contributed by atoms with van der Waals surface area (Å²) in [4.78, 5) is 20.9. The normalized spacial score (nSPS) is 18.6. The van der Waals surface area contributed by atoms with Crippen molar-refractivity contribution in [3.8, 4) is 0 Å². The second-order valence-corrected chi connectivity index (χ2v) is 6.77. The molecule has 5 nitrogen and oxygen atoms in total. The summed E-state index contributed by atoms with van der Waals surface area (Å²) >= 11 is 0. The zero-order valence-electron chi connectivity index (χ0n) is 13.2. The molecule has 2 heterocycles. The van der Waals surface area contributed by atoms with Crippen molar-refractivity contribution in [2.45, 2.75) is 33.4 Å². The van der Waals surface area contributed by atoms with Crippen molar-refractivity contribution < 1.29 is 4.79 Å². The van der Waals surface area contributed by atoms with Gasteiger partial charge in [-0.05, 0) is 17.5 Å². The standard InChI is InChI=1S/C16H26N4O/c1-16(2,3)14(17)15(21)20-10-8-19(9-11-20)12-13-6-4-5-7-18-13/h4-7,14H,8-12,17H2,1-3H3/t14-/m0/s1. The van der Waals surface area contributed by atoms with Crippen LogP contribution < -0.4 is 5.73 Å². The summed E-state index contributed by atoms with van der Waals surface area (Å²) in [6.45, 7) is 10.1. The molecule has 0 unspecified atom stereocenters. The maximum Gasteiger partial charge on any atom is 0.240 e. The van der Waals surface area contributed by atoms with Crippen LogP contribution in [0.1, 0.15) is 26.5 Å². The van der Waals surface area contributed by atoms with Crippen molar-refractivity contribution in [1.29, 1.82) is 0 Å². The van der Waals surface area contributed by atoms with Gasteiger partial charge in [0.1, 0.15) is 0 Å². The molecule has 21 heavy (non-hydrogen) atoms. The van der Waals surface area contributed by atoms with Gasteiger partial charge in [0.15, 0.2) is 0 Å². The van der Waals surface area contributed by atoms with E-state index in [-0.39, 0.29) is 11.3 Å². The third-order valence-electron chi connectivity index (χ3n) is 3.99. The van der Waals surface area contributed by atoms with Crippen molar-refractivity contribution in [2.75, 3.05) is 26.2 Å². The number of carbonyl (C=O) groups excluding carboxylic acids is 1. The first-order valence-corrected chi connectivity index (χ1v) is 7.54. The number of piperazine rings is 1. The zero-order valence-corrected chi connectivity index (χ0v) is 13.2. The van der Waals surface area contributed by atoms with Crippen molar-refractivity contribution in [3.05, 3.63) is 30.1 Å². The van der Waals surface area contributed by atoms with Gasteiger partial charge in [-0.2, -0.15) is 0 Å². The summed E-state index contributed by atoms with van der Waals surface area (Å²) in [7, 11) is 0. The fourth-order valence-corrected chi connectivity index (χ4v) is 2.41. The Morgan fingerprint density at radius 2 is 1.95 bits per heavy atom. The number of rotatable bonds is 3. The molecule has 1 aliphatic rings. The number of aromatic nitrogens is 1. The van der Waals surface area contributed by atoms with Gasteiger partial charge in [-0.3, -0.25) is 14.7 Å². The second-order valence-electron chi connectivity index (χ2n) is 6.77. The van der Waals surface area contributed by atoms with E-state index in [4.69, 9.17) is 5.73 Å². The molecule has 0 radical (unpaired) electrons. The average Bonchev–Trinajstić information content (AvgIpc) is 2.46. The Kier molecular flexibility index (Phi) is 4.96. The van der Waals surface area contributed by atoms with Gasteiger partial charge < -0.3 is 10.6 Å². The highest BCUT2D eigenvalue weighted by Gasteiger charge is 2.32. The van der Waals surface area contributed by atoms with Gasteiger partial charge in [-0.15, -0.1) is 0 Å². The number of nitrogens with two attached hydrogens (primary N) is 1. The molecule has 1 saturated heterocycles. The fraction of sp³-hybridized carbons (Fsp3) is 0.625. The van der Waals surface area contributed by atoms with Crippen molar-refractivity contribution in [3.63, 3.8) is 0 Å². The molecule has 2 N–H and O–H groups in total. The smallest absolute Gasteiger partial charge is 0.240 e. The summed E-state index contributed by atoms with van der Waals surface area (Å²) in [6, 6.07) is 5.53. The third kappa shape index (κ3) is 4.25. The maximum absolute atomic E-state index is 12.4. The van der Waals surface area contributed by atoms with E-state index in [0.717, 1.165) is 38.4 Å². The minimum absolute atomic E-state index is 0.0694. The zero-order chi connectivity index (χ0) is 15.5. The fourth-order valence-electron chi connectivity index (χ4n) is 2.41. The van der Waals surface area contributed by atoms with Gasteiger partial charge in [0.2, 0.25) is 5.91 Å². The third-order valence-corrected chi connectivity index (χ3v) is 3.99. The first kappa shape index (κ1) is 15.9. The highest BCUT2D eigenvalue weighted by atomic mass is 16.2. The van der Waals surface area contributed by atoms with Crippen LogP contribution in [0.2, 0.25) is 0 Å². The van der Waals surface area contributed by atoms with Gasteiger partial charge in [0, 0.05) is 38.9 Å². The van der Waals surface area contributed by atoms with E-state index in [0.29, 0.717) is 0 Å². The van der Waals surface area contributed by atoms with Crippen LogP contribution in [0.5, 0.6) is 0 Å². The molecule has 1 aromatic heterocycles. The minimum Gasteiger partial charge on any atom is -0.339 e. The molecule has 1 fully saturated rings. The van der Waals surface area contributed by atoms with Crippen molar-refractivity contribution in [1.82, 2.24) is 14.8 Å². The summed E-state index contributed by atoms with van der Waals surface area (Å²) in [5.74, 6) is 0.0694. The highest BCUT2D eigenvalue weighted by molar-refractivity contribution is 5.82. The van der Waals surface area contributed by atoms with Gasteiger partial charge in [-0.1, -0.05) is 26.8 Å². The molecule has 0 bridgehead atoms. The Bertz CT molecular complexity index is 461. The molecular weight excluding hydrogens is 264 g/mol. The largest absolute Gasteiger partial charge is 0.339 e. The predicted octanol–water partition coefficient (Wildman–Crippen LogP) is 1.10. The molecule has 0 aromatic carbocycles. The lowest BCUT2D eigenvalue weighted by Crippen LogP contribution is -2.56. The first-order valence-electron chi connectivity index (χ1n) is 7.54. The van der Waals surface area contributed by atoms with Crippen LogP contribution in [0, 0.1) is 5.41 Å². The van der Waals surface area contributed by atoms with Gasteiger partial charge in [0.25, 0.3) is 0 Å². The number of carbonyl (C=O) groups is 1. The summed E-state index contributed by atoms with van der Waals surface area (Å²) in [5, 5.41) is 0. The molecule has 2 rings (SSSR count). The molecule has 0 saturated carbocycles. The molecule has 0 aliphatic carbocycles. The van der Waals surface area contributed by atoms with E-state index in [1.165, 1.54) is 0 Å². The van der Waals surface area contributed by atoms with E-state index >= 15 is 0 Å². The number of pyridine rings is 1.